The fraction of sp³-hybridized carbons (Fsp3) is 0.360. The smallest absolute Gasteiger partial charge is 0.258 e. The van der Waals surface area contributed by atoms with Crippen LogP contribution in [0.3, 0.4) is 0 Å². The number of rotatable bonds is 4. The average molecular weight is 431 g/mol. The Hall–Kier alpha value is -3.48. The monoisotopic (exact) mass is 430 g/mol. The number of ether oxygens (including phenoxy) is 1. The van der Waals surface area contributed by atoms with E-state index >= 15 is 0 Å². The Kier molecular flexibility index (Phi) is 5.47. The van der Waals surface area contributed by atoms with Gasteiger partial charge in [0.2, 0.25) is 5.91 Å². The molecule has 7 nitrogen and oxygen atoms in total. The third kappa shape index (κ3) is 3.68. The zero-order valence-corrected chi connectivity index (χ0v) is 18.0. The van der Waals surface area contributed by atoms with Gasteiger partial charge in [-0.05, 0) is 55.5 Å². The van der Waals surface area contributed by atoms with Crippen molar-refractivity contribution in [3.05, 3.63) is 60.4 Å². The Bertz CT molecular complexity index is 1160. The summed E-state index contributed by atoms with van der Waals surface area (Å²) in [4.78, 5) is 37.5. The van der Waals surface area contributed by atoms with Crippen LogP contribution in [0, 0.1) is 5.92 Å². The van der Waals surface area contributed by atoms with Gasteiger partial charge >= 0.3 is 0 Å². The van der Waals surface area contributed by atoms with Gasteiger partial charge < -0.3 is 15.0 Å². The first-order valence-corrected chi connectivity index (χ1v) is 11.1. The van der Waals surface area contributed by atoms with E-state index in [9.17, 15) is 9.59 Å². The van der Waals surface area contributed by atoms with Crippen LogP contribution in [-0.2, 0) is 4.79 Å². The minimum Gasteiger partial charge on any atom is -0.496 e. The topological polar surface area (TPSA) is 84.4 Å². The maximum Gasteiger partial charge on any atom is 0.258 e. The fourth-order valence-electron chi connectivity index (χ4n) is 5.21. The Morgan fingerprint density at radius 2 is 1.81 bits per heavy atom. The van der Waals surface area contributed by atoms with Crippen molar-refractivity contribution in [2.75, 3.05) is 12.4 Å². The lowest BCUT2D eigenvalue weighted by atomic mass is 9.84. The van der Waals surface area contributed by atoms with Gasteiger partial charge in [-0.25, -0.2) is 0 Å². The molecule has 2 fully saturated rings. The van der Waals surface area contributed by atoms with E-state index in [0.29, 0.717) is 34.9 Å². The summed E-state index contributed by atoms with van der Waals surface area (Å²) in [7, 11) is 1.56. The first kappa shape index (κ1) is 20.4. The molecule has 1 saturated carbocycles. The zero-order chi connectivity index (χ0) is 22.1. The first-order chi connectivity index (χ1) is 15.7. The maximum absolute atomic E-state index is 13.7. The third-order valence-corrected chi connectivity index (χ3v) is 6.70. The molecule has 0 radical (unpaired) electrons. The highest BCUT2D eigenvalue weighted by atomic mass is 16.5. The lowest BCUT2D eigenvalue weighted by Gasteiger charge is -2.34. The molecular formula is C25H26N4O3. The predicted molar refractivity (Wildman–Crippen MR) is 121 cm³/mol. The molecule has 1 aliphatic heterocycles. The molecular weight excluding hydrogens is 404 g/mol. The number of methoxy groups -OCH3 is 1. The molecule has 32 heavy (non-hydrogen) atoms. The molecule has 3 unspecified atom stereocenters. The molecule has 7 heteroatoms. The summed E-state index contributed by atoms with van der Waals surface area (Å²) < 4.78 is 5.43. The van der Waals surface area contributed by atoms with E-state index < -0.39 is 6.04 Å². The van der Waals surface area contributed by atoms with Gasteiger partial charge in [0.25, 0.3) is 5.91 Å². The molecule has 2 aliphatic rings. The molecule has 1 saturated heterocycles. The number of para-hydroxylation sites is 1. The van der Waals surface area contributed by atoms with Crippen molar-refractivity contribution >= 4 is 28.5 Å². The lowest BCUT2D eigenvalue weighted by Crippen LogP contribution is -2.48. The molecule has 0 spiro atoms. The van der Waals surface area contributed by atoms with Crippen LogP contribution >= 0.6 is 0 Å². The highest BCUT2D eigenvalue weighted by Crippen LogP contribution is 2.41. The molecule has 0 bridgehead atoms. The van der Waals surface area contributed by atoms with Gasteiger partial charge in [-0.2, -0.15) is 0 Å². The van der Waals surface area contributed by atoms with Crippen LogP contribution in [-0.4, -0.2) is 45.9 Å². The fourth-order valence-corrected chi connectivity index (χ4v) is 5.21. The van der Waals surface area contributed by atoms with Crippen molar-refractivity contribution in [2.45, 2.75) is 44.2 Å². The van der Waals surface area contributed by atoms with Gasteiger partial charge in [0.15, 0.2) is 0 Å². The van der Waals surface area contributed by atoms with Gasteiger partial charge in [-0.1, -0.05) is 25.0 Å². The summed E-state index contributed by atoms with van der Waals surface area (Å²) in [6, 6.07) is 12.3. The molecule has 1 N–H and O–H groups in total. The lowest BCUT2D eigenvalue weighted by molar-refractivity contribution is -0.120. The van der Waals surface area contributed by atoms with Gasteiger partial charge in [0.05, 0.1) is 23.7 Å². The van der Waals surface area contributed by atoms with Crippen molar-refractivity contribution in [1.29, 1.82) is 0 Å². The normalized spacial score (nSPS) is 22.4. The number of hydrogen-bond acceptors (Lipinski definition) is 5. The van der Waals surface area contributed by atoms with Crippen LogP contribution in [0.2, 0.25) is 0 Å². The van der Waals surface area contributed by atoms with Crippen LogP contribution in [0.5, 0.6) is 5.75 Å². The van der Waals surface area contributed by atoms with E-state index in [2.05, 4.69) is 15.3 Å². The summed E-state index contributed by atoms with van der Waals surface area (Å²) in [5.41, 5.74) is 2.64. The quantitative estimate of drug-likeness (QED) is 0.675. The van der Waals surface area contributed by atoms with Crippen LogP contribution in [0.15, 0.2) is 54.9 Å². The van der Waals surface area contributed by atoms with Crippen LogP contribution < -0.4 is 10.1 Å². The number of hydrogen-bond donors (Lipinski definition) is 1. The number of benzene rings is 2. The summed E-state index contributed by atoms with van der Waals surface area (Å²) in [5, 5.41) is 3.02. The second-order valence-corrected chi connectivity index (χ2v) is 8.53. The van der Waals surface area contributed by atoms with Crippen molar-refractivity contribution in [1.82, 2.24) is 14.9 Å². The van der Waals surface area contributed by atoms with E-state index in [1.807, 2.05) is 35.2 Å². The van der Waals surface area contributed by atoms with Crippen molar-refractivity contribution < 1.29 is 14.3 Å². The highest BCUT2D eigenvalue weighted by Gasteiger charge is 2.48. The standard InChI is InChI=1S/C25H26N4O3/c1-32-23-9-5-3-7-18(23)25(31)29-21-8-4-2-6-16(21)14-22(29)24(30)28-17-10-11-19-20(15-17)27-13-12-26-19/h3,5,7,9-13,15-16,21-22H,2,4,6,8,14H2,1H3,(H,28,30). The van der Waals surface area contributed by atoms with E-state index in [-0.39, 0.29) is 17.9 Å². The Morgan fingerprint density at radius 3 is 2.66 bits per heavy atom. The van der Waals surface area contributed by atoms with E-state index in [4.69, 9.17) is 4.74 Å². The van der Waals surface area contributed by atoms with Crippen LogP contribution in [0.1, 0.15) is 42.5 Å². The molecule has 3 atom stereocenters. The molecule has 1 aromatic heterocycles. The van der Waals surface area contributed by atoms with Crippen molar-refractivity contribution in [3.63, 3.8) is 0 Å². The highest BCUT2D eigenvalue weighted by molar-refractivity contribution is 6.03. The number of fused-ring (bicyclic) bond motifs is 2. The van der Waals surface area contributed by atoms with E-state index in [1.165, 1.54) is 0 Å². The van der Waals surface area contributed by atoms with Crippen molar-refractivity contribution in [2.24, 2.45) is 5.92 Å². The SMILES string of the molecule is COc1ccccc1C(=O)N1C(C(=O)Nc2ccc3nccnc3c2)CC2CCCCC21. The average Bonchev–Trinajstić information content (AvgIpc) is 3.23. The Morgan fingerprint density at radius 1 is 1.03 bits per heavy atom. The number of aromatic nitrogens is 2. The number of carbonyl (C=O) groups is 2. The van der Waals surface area contributed by atoms with Gasteiger partial charge in [-0.3, -0.25) is 19.6 Å². The molecule has 164 valence electrons. The number of anilines is 1. The number of nitrogens with zero attached hydrogens (tertiary/aromatic N) is 3. The number of amides is 2. The first-order valence-electron chi connectivity index (χ1n) is 11.1. The number of nitrogens with one attached hydrogen (secondary N) is 1. The summed E-state index contributed by atoms with van der Waals surface area (Å²) >= 11 is 0. The minimum atomic E-state index is -0.516. The van der Waals surface area contributed by atoms with Gasteiger partial charge in [-0.15, -0.1) is 0 Å². The summed E-state index contributed by atoms with van der Waals surface area (Å²) in [6.07, 6.45) is 8.16. The summed E-state index contributed by atoms with van der Waals surface area (Å²) in [6.45, 7) is 0. The number of carbonyl (C=O) groups excluding carboxylic acids is 2. The predicted octanol–water partition coefficient (Wildman–Crippen LogP) is 4.05. The number of likely N-dealkylation sites (tertiary alicyclic amines) is 1. The van der Waals surface area contributed by atoms with E-state index in [1.54, 1.807) is 31.6 Å². The van der Waals surface area contributed by atoms with E-state index in [0.717, 1.165) is 31.2 Å². The van der Waals surface area contributed by atoms with Crippen molar-refractivity contribution in [3.8, 4) is 5.75 Å². The minimum absolute atomic E-state index is 0.0828. The largest absolute Gasteiger partial charge is 0.496 e. The third-order valence-electron chi connectivity index (χ3n) is 6.70. The molecule has 2 amide bonds. The maximum atomic E-state index is 13.7. The molecule has 2 aromatic carbocycles. The van der Waals surface area contributed by atoms with Crippen LogP contribution in [0.25, 0.3) is 11.0 Å². The Labute approximate surface area is 186 Å². The molecule has 3 aromatic rings. The van der Waals surface area contributed by atoms with Crippen LogP contribution in [0.4, 0.5) is 5.69 Å². The van der Waals surface area contributed by atoms with Gasteiger partial charge in [0, 0.05) is 24.1 Å². The molecule has 5 rings (SSSR count). The Balaban J connectivity index is 1.44. The molecule has 1 aliphatic carbocycles. The second kappa shape index (κ2) is 8.57. The zero-order valence-electron chi connectivity index (χ0n) is 18.0. The molecule has 2 heterocycles. The second-order valence-electron chi connectivity index (χ2n) is 8.53. The summed E-state index contributed by atoms with van der Waals surface area (Å²) in [5.74, 6) is 0.580. The van der Waals surface area contributed by atoms with Gasteiger partial charge in [0.1, 0.15) is 11.8 Å².